The molecule has 0 unspecified atom stereocenters. The summed E-state index contributed by atoms with van der Waals surface area (Å²) in [5, 5.41) is 7.22. The first-order valence-electron chi connectivity index (χ1n) is 7.36. The molecule has 1 amide bonds. The van der Waals surface area contributed by atoms with Gasteiger partial charge in [0.2, 0.25) is 5.91 Å². The Labute approximate surface area is 164 Å². The van der Waals surface area contributed by atoms with Crippen LogP contribution in [-0.2, 0) is 4.79 Å². The predicted octanol–water partition coefficient (Wildman–Crippen LogP) is 4.86. The van der Waals surface area contributed by atoms with Crippen LogP contribution in [-0.4, -0.2) is 21.8 Å². The number of hydrogen-bond acceptors (Lipinski definition) is 5. The zero-order valence-electron chi connectivity index (χ0n) is 13.2. The van der Waals surface area contributed by atoms with Gasteiger partial charge in [-0.3, -0.25) is 4.79 Å². The Morgan fingerprint density at radius 2 is 2.04 bits per heavy atom. The van der Waals surface area contributed by atoms with Crippen LogP contribution in [0.4, 0.5) is 5.13 Å². The van der Waals surface area contributed by atoms with Gasteiger partial charge < -0.3 is 10.6 Å². The topological polar surface area (TPSA) is 54.0 Å². The number of hydrogen-bond donors (Lipinski definition) is 2. The maximum absolute atomic E-state index is 12.0. The van der Waals surface area contributed by atoms with Gasteiger partial charge in [0.15, 0.2) is 10.2 Å². The molecule has 0 bridgehead atoms. The van der Waals surface area contributed by atoms with Crippen molar-refractivity contribution >= 4 is 73.3 Å². The third kappa shape index (κ3) is 5.15. The number of halogens is 1. The second-order valence-electron chi connectivity index (χ2n) is 5.24. The van der Waals surface area contributed by atoms with E-state index in [9.17, 15) is 4.79 Å². The minimum Gasteiger partial charge on any atom is -0.308 e. The summed E-state index contributed by atoms with van der Waals surface area (Å²) in [6, 6.07) is 13.4. The molecular formula is C17H14ClN3OS3. The molecule has 0 aliphatic carbocycles. The molecule has 0 aliphatic rings. The van der Waals surface area contributed by atoms with Crippen molar-refractivity contribution in [1.29, 1.82) is 0 Å². The summed E-state index contributed by atoms with van der Waals surface area (Å²) < 4.78 is 1.08. The molecule has 0 saturated carbocycles. The Morgan fingerprint density at radius 3 is 2.80 bits per heavy atom. The van der Waals surface area contributed by atoms with E-state index < -0.39 is 0 Å². The van der Waals surface area contributed by atoms with Crippen LogP contribution in [0, 0.1) is 6.92 Å². The van der Waals surface area contributed by atoms with E-state index in [4.69, 9.17) is 23.8 Å². The fraction of sp³-hybridized carbons (Fsp3) is 0.118. The summed E-state index contributed by atoms with van der Waals surface area (Å²) >= 11 is 13.9. The molecule has 8 heteroatoms. The number of aromatic nitrogens is 1. The van der Waals surface area contributed by atoms with E-state index >= 15 is 0 Å². The van der Waals surface area contributed by atoms with Crippen molar-refractivity contribution in [3.05, 3.63) is 53.1 Å². The van der Waals surface area contributed by atoms with Gasteiger partial charge in [0.25, 0.3) is 0 Å². The maximum Gasteiger partial charge on any atom is 0.236 e. The Balaban J connectivity index is 1.52. The summed E-state index contributed by atoms with van der Waals surface area (Å²) in [5.74, 6) is 0.0945. The fourth-order valence-corrected chi connectivity index (χ4v) is 4.12. The highest BCUT2D eigenvalue weighted by Gasteiger charge is 2.09. The number of aryl methyl sites for hydroxylation is 1. The van der Waals surface area contributed by atoms with E-state index in [0.717, 1.165) is 15.1 Å². The standard InChI is InChI=1S/C17H14ClN3OS3/c1-10-2-7-13-14(8-10)25-17(19-13)21-16(23)20-15(22)9-24-12-5-3-11(18)4-6-12/h2-8H,9H2,1H3,(H2,19,20,21,22,23). The van der Waals surface area contributed by atoms with Gasteiger partial charge in [0, 0.05) is 9.92 Å². The van der Waals surface area contributed by atoms with E-state index in [1.165, 1.54) is 28.7 Å². The number of fused-ring (bicyclic) bond motifs is 1. The van der Waals surface area contributed by atoms with Crippen molar-refractivity contribution < 1.29 is 4.79 Å². The van der Waals surface area contributed by atoms with Crippen LogP contribution in [0.25, 0.3) is 10.2 Å². The number of thiazole rings is 1. The van der Waals surface area contributed by atoms with E-state index in [-0.39, 0.29) is 16.8 Å². The SMILES string of the molecule is Cc1ccc2nc(NC(=S)NC(=O)CSc3ccc(Cl)cc3)sc2c1. The number of carbonyl (C=O) groups is 1. The molecule has 0 aliphatic heterocycles. The number of amides is 1. The normalized spacial score (nSPS) is 10.6. The minimum absolute atomic E-state index is 0.172. The molecule has 3 rings (SSSR count). The first-order valence-corrected chi connectivity index (χ1v) is 9.95. The lowest BCUT2D eigenvalue weighted by Crippen LogP contribution is -2.35. The van der Waals surface area contributed by atoms with Crippen LogP contribution in [0.3, 0.4) is 0 Å². The highest BCUT2D eigenvalue weighted by Crippen LogP contribution is 2.26. The highest BCUT2D eigenvalue weighted by atomic mass is 35.5. The fourth-order valence-electron chi connectivity index (χ4n) is 2.06. The Kier molecular flexibility index (Phi) is 5.90. The molecule has 25 heavy (non-hydrogen) atoms. The van der Waals surface area contributed by atoms with Gasteiger partial charge in [-0.2, -0.15) is 0 Å². The summed E-state index contributed by atoms with van der Waals surface area (Å²) in [4.78, 5) is 17.4. The van der Waals surface area contributed by atoms with Gasteiger partial charge >= 0.3 is 0 Å². The number of benzene rings is 2. The number of nitrogens with zero attached hydrogens (tertiary/aromatic N) is 1. The first kappa shape index (κ1) is 18.1. The molecule has 128 valence electrons. The lowest BCUT2D eigenvalue weighted by atomic mass is 10.2. The summed E-state index contributed by atoms with van der Waals surface area (Å²) in [6.07, 6.45) is 0. The highest BCUT2D eigenvalue weighted by molar-refractivity contribution is 8.00. The number of carbonyl (C=O) groups excluding carboxylic acids is 1. The molecule has 2 N–H and O–H groups in total. The summed E-state index contributed by atoms with van der Waals surface area (Å²) in [6.45, 7) is 2.04. The second kappa shape index (κ2) is 8.14. The third-order valence-electron chi connectivity index (χ3n) is 3.20. The minimum atomic E-state index is -0.172. The molecule has 0 fully saturated rings. The molecule has 0 saturated heterocycles. The average Bonchev–Trinajstić information content (AvgIpc) is 2.95. The van der Waals surface area contributed by atoms with Crippen molar-refractivity contribution in [2.45, 2.75) is 11.8 Å². The van der Waals surface area contributed by atoms with Crippen LogP contribution in [0.5, 0.6) is 0 Å². The van der Waals surface area contributed by atoms with Crippen molar-refractivity contribution in [2.75, 3.05) is 11.1 Å². The van der Waals surface area contributed by atoms with Crippen molar-refractivity contribution in [1.82, 2.24) is 10.3 Å². The Morgan fingerprint density at radius 1 is 1.28 bits per heavy atom. The molecule has 4 nitrogen and oxygen atoms in total. The van der Waals surface area contributed by atoms with Crippen molar-refractivity contribution in [2.24, 2.45) is 0 Å². The first-order chi connectivity index (χ1) is 12.0. The lowest BCUT2D eigenvalue weighted by molar-refractivity contribution is -0.117. The van der Waals surface area contributed by atoms with Crippen LogP contribution in [0.1, 0.15) is 5.56 Å². The third-order valence-corrected chi connectivity index (χ3v) is 5.60. The average molecular weight is 408 g/mol. The molecule has 0 atom stereocenters. The van der Waals surface area contributed by atoms with Gasteiger partial charge in [-0.05, 0) is 61.1 Å². The molecule has 2 aromatic carbocycles. The number of thiocarbonyl (C=S) groups is 1. The number of thioether (sulfide) groups is 1. The van der Waals surface area contributed by atoms with Gasteiger partial charge in [0.1, 0.15) is 0 Å². The van der Waals surface area contributed by atoms with Gasteiger partial charge in [-0.1, -0.05) is 29.0 Å². The zero-order chi connectivity index (χ0) is 17.8. The molecular weight excluding hydrogens is 394 g/mol. The Hall–Kier alpha value is -1.67. The smallest absolute Gasteiger partial charge is 0.236 e. The molecule has 0 spiro atoms. The quantitative estimate of drug-likeness (QED) is 0.477. The van der Waals surface area contributed by atoms with Crippen LogP contribution < -0.4 is 10.6 Å². The second-order valence-corrected chi connectivity index (χ2v) is 8.16. The van der Waals surface area contributed by atoms with Gasteiger partial charge in [-0.25, -0.2) is 4.98 Å². The molecule has 0 radical (unpaired) electrons. The molecule has 1 aromatic heterocycles. The van der Waals surface area contributed by atoms with E-state index in [1.54, 1.807) is 12.1 Å². The zero-order valence-corrected chi connectivity index (χ0v) is 16.4. The summed E-state index contributed by atoms with van der Waals surface area (Å²) in [7, 11) is 0. The van der Waals surface area contributed by atoms with E-state index in [1.807, 2.05) is 31.2 Å². The molecule has 3 aromatic rings. The van der Waals surface area contributed by atoms with Crippen molar-refractivity contribution in [3.8, 4) is 0 Å². The number of rotatable bonds is 4. The number of nitrogens with one attached hydrogen (secondary N) is 2. The number of anilines is 1. The monoisotopic (exact) mass is 407 g/mol. The Bertz CT molecular complexity index is 925. The van der Waals surface area contributed by atoms with Gasteiger partial charge in [0.05, 0.1) is 16.0 Å². The molecule has 1 heterocycles. The van der Waals surface area contributed by atoms with E-state index in [2.05, 4.69) is 21.7 Å². The van der Waals surface area contributed by atoms with Crippen molar-refractivity contribution in [3.63, 3.8) is 0 Å². The van der Waals surface area contributed by atoms with Crippen LogP contribution in [0.2, 0.25) is 5.02 Å². The van der Waals surface area contributed by atoms with E-state index in [0.29, 0.717) is 10.2 Å². The van der Waals surface area contributed by atoms with Crippen LogP contribution >= 0.6 is 46.9 Å². The largest absolute Gasteiger partial charge is 0.308 e. The van der Waals surface area contributed by atoms with Crippen LogP contribution in [0.15, 0.2) is 47.4 Å². The van der Waals surface area contributed by atoms with Gasteiger partial charge in [-0.15, -0.1) is 11.8 Å². The lowest BCUT2D eigenvalue weighted by Gasteiger charge is -2.07. The predicted molar refractivity (Wildman–Crippen MR) is 111 cm³/mol. The summed E-state index contributed by atoms with van der Waals surface area (Å²) in [5.41, 5.74) is 2.09. The maximum atomic E-state index is 12.0.